The van der Waals surface area contributed by atoms with Gasteiger partial charge < -0.3 is 10.0 Å². The van der Waals surface area contributed by atoms with Gasteiger partial charge >= 0.3 is 5.97 Å². The summed E-state index contributed by atoms with van der Waals surface area (Å²) in [5, 5.41) is 13.3. The van der Waals surface area contributed by atoms with Crippen LogP contribution in [0.5, 0.6) is 0 Å². The lowest BCUT2D eigenvalue weighted by molar-refractivity contribution is -0.131. The molecule has 4 aromatic rings. The largest absolute Gasteiger partial charge is 0.478 e. The van der Waals surface area contributed by atoms with E-state index in [-0.39, 0.29) is 6.04 Å². The van der Waals surface area contributed by atoms with Crippen molar-refractivity contribution in [2.24, 2.45) is 7.05 Å². The summed E-state index contributed by atoms with van der Waals surface area (Å²) >= 11 is 0. The molecule has 0 bridgehead atoms. The van der Waals surface area contributed by atoms with Gasteiger partial charge in [-0.1, -0.05) is 61.5 Å². The van der Waals surface area contributed by atoms with Crippen LogP contribution in [0.15, 0.2) is 85.2 Å². The molecule has 5 nitrogen and oxygen atoms in total. The molecule has 0 saturated heterocycles. The van der Waals surface area contributed by atoms with Crippen molar-refractivity contribution in [2.45, 2.75) is 38.8 Å². The van der Waals surface area contributed by atoms with Crippen LogP contribution in [0.1, 0.15) is 47.7 Å². The first-order valence-corrected chi connectivity index (χ1v) is 12.4. The van der Waals surface area contributed by atoms with Gasteiger partial charge in [-0.25, -0.2) is 4.79 Å². The third-order valence-corrected chi connectivity index (χ3v) is 7.06. The summed E-state index contributed by atoms with van der Waals surface area (Å²) in [6.45, 7) is 4.47. The number of rotatable bonds is 6. The molecule has 0 amide bonds. The SMILES string of the molecule is CCc1ccc(N2C(c3ccc(/C=C/C(=O)O)cc3)c3ccc(-c4cnn(C)c4)cc3C[C@H]2C)cc1. The van der Waals surface area contributed by atoms with E-state index in [9.17, 15) is 4.79 Å². The molecule has 1 aromatic heterocycles. The summed E-state index contributed by atoms with van der Waals surface area (Å²) in [7, 11) is 1.94. The summed E-state index contributed by atoms with van der Waals surface area (Å²) in [5.74, 6) is -0.944. The number of carboxylic acid groups (broad SMARTS) is 1. The van der Waals surface area contributed by atoms with Gasteiger partial charge in [0.1, 0.15) is 0 Å². The molecule has 5 rings (SSSR count). The Labute approximate surface area is 212 Å². The van der Waals surface area contributed by atoms with Crippen molar-refractivity contribution >= 4 is 17.7 Å². The first-order valence-electron chi connectivity index (χ1n) is 12.4. The molecule has 0 radical (unpaired) electrons. The zero-order valence-corrected chi connectivity index (χ0v) is 20.9. The van der Waals surface area contributed by atoms with Crippen molar-refractivity contribution in [3.63, 3.8) is 0 Å². The first-order chi connectivity index (χ1) is 17.4. The number of aryl methyl sites for hydroxylation is 2. The van der Waals surface area contributed by atoms with Crippen molar-refractivity contribution in [3.05, 3.63) is 113 Å². The van der Waals surface area contributed by atoms with Gasteiger partial charge in [-0.3, -0.25) is 4.68 Å². The van der Waals surface area contributed by atoms with Crippen molar-refractivity contribution in [2.75, 3.05) is 4.90 Å². The van der Waals surface area contributed by atoms with Crippen LogP contribution in [0.3, 0.4) is 0 Å². The predicted octanol–water partition coefficient (Wildman–Crippen LogP) is 6.29. The number of anilines is 1. The fraction of sp³-hybridized carbons (Fsp3) is 0.226. The second-order valence-electron chi connectivity index (χ2n) is 9.54. The van der Waals surface area contributed by atoms with Crippen molar-refractivity contribution in [3.8, 4) is 11.1 Å². The Hall–Kier alpha value is -4.12. The molecule has 5 heteroatoms. The number of carbonyl (C=O) groups is 1. The fourth-order valence-electron chi connectivity index (χ4n) is 5.22. The standard InChI is InChI=1S/C31H31N3O2/c1-4-22-7-13-28(14-8-22)34-21(2)17-26-18-25(27-19-32-33(3)20-27)12-15-29(26)31(34)24-10-5-23(6-11-24)9-16-30(35)36/h5-16,18-21,31H,4,17H2,1-3H3,(H,35,36)/b16-9+/t21-,31?/m1/s1. The molecule has 0 saturated carbocycles. The number of benzene rings is 3. The minimum atomic E-state index is -0.944. The van der Waals surface area contributed by atoms with Crippen LogP contribution in [0.2, 0.25) is 0 Å². The molecule has 1 aliphatic rings. The Morgan fingerprint density at radius 2 is 1.81 bits per heavy atom. The molecule has 2 atom stereocenters. The van der Waals surface area contributed by atoms with E-state index in [0.717, 1.165) is 24.0 Å². The van der Waals surface area contributed by atoms with Gasteiger partial charge in [-0.15, -0.1) is 0 Å². The van der Waals surface area contributed by atoms with Crippen LogP contribution in [-0.4, -0.2) is 26.9 Å². The van der Waals surface area contributed by atoms with Gasteiger partial charge in [0.2, 0.25) is 0 Å². The minimum Gasteiger partial charge on any atom is -0.478 e. The second-order valence-corrected chi connectivity index (χ2v) is 9.54. The molecule has 3 aromatic carbocycles. The molecule has 1 aliphatic heterocycles. The maximum atomic E-state index is 10.9. The van der Waals surface area contributed by atoms with E-state index in [1.807, 2.05) is 30.1 Å². The molecule has 0 aliphatic carbocycles. The number of hydrogen-bond donors (Lipinski definition) is 1. The van der Waals surface area contributed by atoms with Gasteiger partial charge in [0.15, 0.2) is 0 Å². The van der Waals surface area contributed by atoms with Crippen LogP contribution < -0.4 is 4.90 Å². The minimum absolute atomic E-state index is 0.0525. The highest BCUT2D eigenvalue weighted by Crippen LogP contribution is 2.42. The molecule has 2 heterocycles. The zero-order valence-electron chi connectivity index (χ0n) is 20.9. The van der Waals surface area contributed by atoms with Crippen LogP contribution in [0.4, 0.5) is 5.69 Å². The Balaban J connectivity index is 1.60. The molecule has 36 heavy (non-hydrogen) atoms. The number of aliphatic carboxylic acids is 1. The van der Waals surface area contributed by atoms with Gasteiger partial charge in [0, 0.05) is 36.6 Å². The Bertz CT molecular complexity index is 1400. The summed E-state index contributed by atoms with van der Waals surface area (Å²) < 4.78 is 1.84. The first kappa shape index (κ1) is 23.6. The van der Waals surface area contributed by atoms with E-state index in [1.165, 1.54) is 39.6 Å². The van der Waals surface area contributed by atoms with Gasteiger partial charge in [-0.05, 0) is 71.4 Å². The van der Waals surface area contributed by atoms with Crippen LogP contribution in [0, 0.1) is 0 Å². The van der Waals surface area contributed by atoms with E-state index >= 15 is 0 Å². The molecule has 0 spiro atoms. The lowest BCUT2D eigenvalue weighted by Gasteiger charge is -2.44. The normalized spacial score (nSPS) is 17.4. The maximum Gasteiger partial charge on any atom is 0.328 e. The number of hydrogen-bond acceptors (Lipinski definition) is 3. The van der Waals surface area contributed by atoms with Crippen molar-refractivity contribution < 1.29 is 9.90 Å². The summed E-state index contributed by atoms with van der Waals surface area (Å²) in [5.41, 5.74) is 9.55. The van der Waals surface area contributed by atoms with Crippen LogP contribution in [0.25, 0.3) is 17.2 Å². The maximum absolute atomic E-state index is 10.9. The summed E-state index contributed by atoms with van der Waals surface area (Å²) in [4.78, 5) is 13.5. The van der Waals surface area contributed by atoms with E-state index in [4.69, 9.17) is 5.11 Å². The molecular formula is C31H31N3O2. The Kier molecular flexibility index (Phi) is 6.47. The number of aromatic nitrogens is 2. The van der Waals surface area contributed by atoms with Crippen molar-refractivity contribution in [1.82, 2.24) is 9.78 Å². The molecule has 182 valence electrons. The highest BCUT2D eigenvalue weighted by atomic mass is 16.4. The van der Waals surface area contributed by atoms with Gasteiger partial charge in [0.25, 0.3) is 0 Å². The molecular weight excluding hydrogens is 446 g/mol. The van der Waals surface area contributed by atoms with E-state index in [0.29, 0.717) is 6.04 Å². The number of fused-ring (bicyclic) bond motifs is 1. The summed E-state index contributed by atoms with van der Waals surface area (Å²) in [6, 6.07) is 24.3. The third-order valence-electron chi connectivity index (χ3n) is 7.06. The van der Waals surface area contributed by atoms with Crippen LogP contribution in [-0.2, 0) is 24.7 Å². The van der Waals surface area contributed by atoms with Gasteiger partial charge in [0.05, 0.1) is 12.2 Å². The van der Waals surface area contributed by atoms with Crippen LogP contribution >= 0.6 is 0 Å². The quantitative estimate of drug-likeness (QED) is 0.332. The predicted molar refractivity (Wildman–Crippen MR) is 145 cm³/mol. The van der Waals surface area contributed by atoms with E-state index in [2.05, 4.69) is 84.6 Å². The second kappa shape index (κ2) is 9.86. The highest BCUT2D eigenvalue weighted by Gasteiger charge is 2.33. The zero-order chi connectivity index (χ0) is 25.2. The molecule has 0 fully saturated rings. The Morgan fingerprint density at radius 1 is 1.06 bits per heavy atom. The fourth-order valence-corrected chi connectivity index (χ4v) is 5.22. The lowest BCUT2D eigenvalue weighted by Crippen LogP contribution is -2.42. The smallest absolute Gasteiger partial charge is 0.328 e. The highest BCUT2D eigenvalue weighted by molar-refractivity contribution is 5.85. The third kappa shape index (κ3) is 4.69. The average Bonchev–Trinajstić information content (AvgIpc) is 3.33. The molecule has 1 N–H and O–H groups in total. The topological polar surface area (TPSA) is 58.4 Å². The van der Waals surface area contributed by atoms with Gasteiger partial charge in [-0.2, -0.15) is 5.10 Å². The average molecular weight is 478 g/mol. The monoisotopic (exact) mass is 477 g/mol. The summed E-state index contributed by atoms with van der Waals surface area (Å²) in [6.07, 6.45) is 8.74. The number of nitrogens with zero attached hydrogens (tertiary/aromatic N) is 3. The van der Waals surface area contributed by atoms with E-state index < -0.39 is 5.97 Å². The lowest BCUT2D eigenvalue weighted by atomic mass is 9.83. The number of carboxylic acids is 1. The van der Waals surface area contributed by atoms with Crippen molar-refractivity contribution in [1.29, 1.82) is 0 Å². The molecule has 1 unspecified atom stereocenters. The Morgan fingerprint density at radius 3 is 2.44 bits per heavy atom. The van der Waals surface area contributed by atoms with E-state index in [1.54, 1.807) is 6.08 Å².